The van der Waals surface area contributed by atoms with E-state index < -0.39 is 5.75 Å². The Morgan fingerprint density at radius 1 is 1.00 bits per heavy atom. The van der Waals surface area contributed by atoms with E-state index in [1.54, 1.807) is 6.07 Å². The van der Waals surface area contributed by atoms with E-state index in [0.717, 1.165) is 26.2 Å². The number of aromatic hydroxyl groups is 3. The molecule has 82 valence electrons. The maximum atomic E-state index is 9.66. The quantitative estimate of drug-likeness (QED) is 0.499. The molecule has 1 aromatic rings. The van der Waals surface area contributed by atoms with Gasteiger partial charge < -0.3 is 25.5 Å². The zero-order valence-electron chi connectivity index (χ0n) is 8.27. The van der Waals surface area contributed by atoms with Crippen LogP contribution in [0.4, 0.5) is 5.69 Å². The first-order valence-electron chi connectivity index (χ1n) is 4.89. The number of hydrogen-bond donors (Lipinski definition) is 4. The molecule has 15 heavy (non-hydrogen) atoms. The van der Waals surface area contributed by atoms with E-state index in [0.29, 0.717) is 5.69 Å². The van der Waals surface area contributed by atoms with Crippen LogP contribution in [0.25, 0.3) is 0 Å². The predicted molar refractivity (Wildman–Crippen MR) is 56.5 cm³/mol. The summed E-state index contributed by atoms with van der Waals surface area (Å²) in [6.45, 7) is 3.25. The summed E-state index contributed by atoms with van der Waals surface area (Å²) in [4.78, 5) is 1.96. The number of anilines is 1. The average molecular weight is 210 g/mol. The van der Waals surface area contributed by atoms with Crippen LogP contribution in [0.1, 0.15) is 0 Å². The van der Waals surface area contributed by atoms with Crippen LogP contribution in [0, 0.1) is 0 Å². The molecule has 0 amide bonds. The molecule has 1 aliphatic heterocycles. The molecule has 2 rings (SSSR count). The number of hydrogen-bond acceptors (Lipinski definition) is 5. The maximum absolute atomic E-state index is 9.66. The summed E-state index contributed by atoms with van der Waals surface area (Å²) < 4.78 is 0. The summed E-state index contributed by atoms with van der Waals surface area (Å²) in [5.74, 6) is -1.01. The van der Waals surface area contributed by atoms with Gasteiger partial charge in [0.2, 0.25) is 5.75 Å². The Balaban J connectivity index is 2.31. The van der Waals surface area contributed by atoms with Gasteiger partial charge in [0.25, 0.3) is 0 Å². The minimum Gasteiger partial charge on any atom is -0.504 e. The van der Waals surface area contributed by atoms with Gasteiger partial charge >= 0.3 is 0 Å². The lowest BCUT2D eigenvalue weighted by Crippen LogP contribution is -2.43. The van der Waals surface area contributed by atoms with Gasteiger partial charge in [-0.1, -0.05) is 0 Å². The van der Waals surface area contributed by atoms with Crippen LogP contribution < -0.4 is 10.2 Å². The van der Waals surface area contributed by atoms with Crippen LogP contribution >= 0.6 is 0 Å². The number of phenols is 3. The Morgan fingerprint density at radius 2 is 1.67 bits per heavy atom. The smallest absolute Gasteiger partial charge is 0.202 e. The predicted octanol–water partition coefficient (Wildman–Crippen LogP) is 0.213. The average Bonchev–Trinajstić information content (AvgIpc) is 2.27. The first kappa shape index (κ1) is 9.92. The highest BCUT2D eigenvalue weighted by molar-refractivity contribution is 5.67. The molecule has 0 aromatic heterocycles. The van der Waals surface area contributed by atoms with Crippen molar-refractivity contribution in [2.24, 2.45) is 0 Å². The Labute approximate surface area is 87.6 Å². The molecule has 1 aliphatic rings. The highest BCUT2D eigenvalue weighted by Gasteiger charge is 2.17. The van der Waals surface area contributed by atoms with E-state index in [1.165, 1.54) is 6.07 Å². The molecule has 1 heterocycles. The van der Waals surface area contributed by atoms with Gasteiger partial charge in [-0.2, -0.15) is 0 Å². The molecule has 0 bridgehead atoms. The highest BCUT2D eigenvalue weighted by atomic mass is 16.3. The molecule has 4 N–H and O–H groups in total. The second kappa shape index (κ2) is 3.86. The van der Waals surface area contributed by atoms with Gasteiger partial charge in [0.1, 0.15) is 0 Å². The second-order valence-electron chi connectivity index (χ2n) is 3.54. The Kier molecular flexibility index (Phi) is 2.55. The number of nitrogens with zero attached hydrogens (tertiary/aromatic N) is 1. The standard InChI is InChI=1S/C10H14N2O3/c13-8-2-1-7(9(14)10(8)15)12-5-3-11-4-6-12/h1-2,11,13-15H,3-6H2. The monoisotopic (exact) mass is 210 g/mol. The van der Waals surface area contributed by atoms with E-state index in [1.807, 2.05) is 4.90 Å². The van der Waals surface area contributed by atoms with Crippen molar-refractivity contribution in [1.82, 2.24) is 5.32 Å². The SMILES string of the molecule is Oc1ccc(N2CCNCC2)c(O)c1O. The molecule has 0 unspecified atom stereocenters. The van der Waals surface area contributed by atoms with Crippen molar-refractivity contribution in [3.05, 3.63) is 12.1 Å². The lowest BCUT2D eigenvalue weighted by molar-refractivity contribution is 0.367. The summed E-state index contributed by atoms with van der Waals surface area (Å²) >= 11 is 0. The fourth-order valence-corrected chi connectivity index (χ4v) is 1.72. The summed E-state index contributed by atoms with van der Waals surface area (Å²) in [7, 11) is 0. The summed E-state index contributed by atoms with van der Waals surface area (Å²) in [5, 5.41) is 31.4. The number of nitrogens with one attached hydrogen (secondary N) is 1. The second-order valence-corrected chi connectivity index (χ2v) is 3.54. The van der Waals surface area contributed by atoms with E-state index in [2.05, 4.69) is 5.32 Å². The Bertz CT molecular complexity index is 362. The van der Waals surface area contributed by atoms with E-state index in [9.17, 15) is 15.3 Å². The zero-order chi connectivity index (χ0) is 10.8. The van der Waals surface area contributed by atoms with Crippen molar-refractivity contribution < 1.29 is 15.3 Å². The molecule has 0 saturated carbocycles. The first-order valence-corrected chi connectivity index (χ1v) is 4.89. The van der Waals surface area contributed by atoms with Gasteiger partial charge in [0.05, 0.1) is 5.69 Å². The molecule has 0 spiro atoms. The summed E-state index contributed by atoms with van der Waals surface area (Å²) in [5.41, 5.74) is 0.562. The fraction of sp³-hybridized carbons (Fsp3) is 0.400. The fourth-order valence-electron chi connectivity index (χ4n) is 1.72. The Morgan fingerprint density at radius 3 is 2.33 bits per heavy atom. The summed E-state index contributed by atoms with van der Waals surface area (Å²) in [6.07, 6.45) is 0. The van der Waals surface area contributed by atoms with Crippen molar-refractivity contribution in [2.45, 2.75) is 0 Å². The van der Waals surface area contributed by atoms with Gasteiger partial charge in [-0.3, -0.25) is 0 Å². The molecule has 5 nitrogen and oxygen atoms in total. The molecular weight excluding hydrogens is 196 g/mol. The zero-order valence-corrected chi connectivity index (χ0v) is 8.27. The number of piperazine rings is 1. The van der Waals surface area contributed by atoms with E-state index in [-0.39, 0.29) is 11.5 Å². The van der Waals surface area contributed by atoms with Crippen molar-refractivity contribution in [2.75, 3.05) is 31.1 Å². The molecular formula is C10H14N2O3. The number of rotatable bonds is 1. The van der Waals surface area contributed by atoms with Gasteiger partial charge in [-0.05, 0) is 12.1 Å². The van der Waals surface area contributed by atoms with Gasteiger partial charge in [0, 0.05) is 26.2 Å². The maximum Gasteiger partial charge on any atom is 0.202 e. The molecule has 0 radical (unpaired) electrons. The normalized spacial score (nSPS) is 16.7. The molecule has 5 heteroatoms. The highest BCUT2D eigenvalue weighted by Crippen LogP contribution is 2.41. The topological polar surface area (TPSA) is 76.0 Å². The van der Waals surface area contributed by atoms with Crippen LogP contribution in [0.2, 0.25) is 0 Å². The molecule has 1 aromatic carbocycles. The van der Waals surface area contributed by atoms with Crippen LogP contribution in [-0.2, 0) is 0 Å². The van der Waals surface area contributed by atoms with Gasteiger partial charge in [-0.25, -0.2) is 0 Å². The lowest BCUT2D eigenvalue weighted by atomic mass is 10.2. The minimum absolute atomic E-state index is 0.253. The van der Waals surface area contributed by atoms with E-state index >= 15 is 0 Å². The summed E-state index contributed by atoms with van der Waals surface area (Å²) in [6, 6.07) is 2.99. The third-order valence-corrected chi connectivity index (χ3v) is 2.57. The van der Waals surface area contributed by atoms with Crippen molar-refractivity contribution >= 4 is 5.69 Å². The molecule has 1 fully saturated rings. The third kappa shape index (κ3) is 1.78. The van der Waals surface area contributed by atoms with Crippen molar-refractivity contribution in [3.63, 3.8) is 0 Å². The van der Waals surface area contributed by atoms with Gasteiger partial charge in [-0.15, -0.1) is 0 Å². The number of phenolic OH excluding ortho intramolecular Hbond substituents is 3. The lowest BCUT2D eigenvalue weighted by Gasteiger charge is -2.30. The van der Waals surface area contributed by atoms with Gasteiger partial charge in [0.15, 0.2) is 11.5 Å². The molecule has 0 atom stereocenters. The van der Waals surface area contributed by atoms with Crippen LogP contribution in [0.5, 0.6) is 17.2 Å². The number of benzene rings is 1. The molecule has 0 aliphatic carbocycles. The van der Waals surface area contributed by atoms with Crippen LogP contribution in [-0.4, -0.2) is 41.5 Å². The molecule has 1 saturated heterocycles. The van der Waals surface area contributed by atoms with Crippen molar-refractivity contribution in [1.29, 1.82) is 0 Å². The van der Waals surface area contributed by atoms with Crippen LogP contribution in [0.3, 0.4) is 0 Å². The minimum atomic E-state index is -0.453. The Hall–Kier alpha value is -1.62. The van der Waals surface area contributed by atoms with Crippen molar-refractivity contribution in [3.8, 4) is 17.2 Å². The van der Waals surface area contributed by atoms with E-state index in [4.69, 9.17) is 0 Å². The first-order chi connectivity index (χ1) is 7.20. The largest absolute Gasteiger partial charge is 0.504 e. The van der Waals surface area contributed by atoms with Crippen LogP contribution in [0.15, 0.2) is 12.1 Å². The third-order valence-electron chi connectivity index (χ3n) is 2.57.